The number of fused-ring (bicyclic) bond motifs is 1. The van der Waals surface area contributed by atoms with Gasteiger partial charge < -0.3 is 15.5 Å². The van der Waals surface area contributed by atoms with Crippen molar-refractivity contribution in [3.05, 3.63) is 60.2 Å². The predicted octanol–water partition coefficient (Wildman–Crippen LogP) is 5.55. The number of pyridine rings is 1. The molecule has 3 aromatic rings. The molecule has 2 aromatic carbocycles. The van der Waals surface area contributed by atoms with E-state index in [1.807, 2.05) is 42.5 Å². The highest BCUT2D eigenvalue weighted by Gasteiger charge is 2.13. The Hall–Kier alpha value is -2.57. The third kappa shape index (κ3) is 6.71. The summed E-state index contributed by atoms with van der Waals surface area (Å²) in [6, 6.07) is 17.8. The molecule has 6 heteroatoms. The number of nitrogens with zero attached hydrogens (tertiary/aromatic N) is 2. The molecule has 0 fully saturated rings. The lowest BCUT2D eigenvalue weighted by atomic mass is 10.1. The molecule has 0 saturated heterocycles. The summed E-state index contributed by atoms with van der Waals surface area (Å²) in [5.74, 6) is 0.608. The van der Waals surface area contributed by atoms with Crippen LogP contribution >= 0.6 is 11.8 Å². The van der Waals surface area contributed by atoms with E-state index in [1.165, 1.54) is 17.7 Å². The number of thioether (sulfide) groups is 1. The van der Waals surface area contributed by atoms with Crippen molar-refractivity contribution < 1.29 is 4.79 Å². The molecule has 0 aliphatic carbocycles. The molecule has 0 bridgehead atoms. The lowest BCUT2D eigenvalue weighted by Crippen LogP contribution is -2.28. The van der Waals surface area contributed by atoms with Crippen LogP contribution in [0.5, 0.6) is 0 Å². The van der Waals surface area contributed by atoms with Crippen molar-refractivity contribution in [2.24, 2.45) is 0 Å². The van der Waals surface area contributed by atoms with E-state index < -0.39 is 0 Å². The third-order valence-electron chi connectivity index (χ3n) is 5.20. The summed E-state index contributed by atoms with van der Waals surface area (Å²) in [7, 11) is 2.14. The Kier molecular flexibility index (Phi) is 8.74. The fourth-order valence-electron chi connectivity index (χ4n) is 3.46. The minimum Gasteiger partial charge on any atom is -0.352 e. The Bertz CT molecular complexity index is 1010. The molecular weight excluding hydrogens is 404 g/mol. The Labute approximate surface area is 189 Å². The first-order valence-electron chi connectivity index (χ1n) is 10.9. The number of hydrogen-bond donors (Lipinski definition) is 2. The molecular formula is C25H32N4OS. The number of rotatable bonds is 11. The van der Waals surface area contributed by atoms with Gasteiger partial charge in [0.2, 0.25) is 0 Å². The fourth-order valence-corrected chi connectivity index (χ4v) is 3.92. The van der Waals surface area contributed by atoms with Crippen LogP contribution in [-0.2, 0) is 0 Å². The van der Waals surface area contributed by atoms with Gasteiger partial charge in [0.1, 0.15) is 5.82 Å². The number of benzene rings is 2. The van der Waals surface area contributed by atoms with E-state index in [9.17, 15) is 4.79 Å². The third-order valence-corrected chi connectivity index (χ3v) is 5.92. The second-order valence-electron chi connectivity index (χ2n) is 7.70. The molecule has 0 radical (unpaired) electrons. The Balaban J connectivity index is 1.72. The second-order valence-corrected chi connectivity index (χ2v) is 8.58. The SMILES string of the molecule is CCCCN(C)CCCNC(=O)c1cc(Nc2cccc(SC)c2)nc2ccccc12. The van der Waals surface area contributed by atoms with Crippen LogP contribution in [0.1, 0.15) is 36.5 Å². The number of para-hydroxylation sites is 1. The van der Waals surface area contributed by atoms with Crippen molar-refractivity contribution in [1.29, 1.82) is 0 Å². The van der Waals surface area contributed by atoms with Crippen LogP contribution in [0.25, 0.3) is 10.9 Å². The Morgan fingerprint density at radius 1 is 1.06 bits per heavy atom. The van der Waals surface area contributed by atoms with Gasteiger partial charge in [0.25, 0.3) is 5.91 Å². The lowest BCUT2D eigenvalue weighted by Gasteiger charge is -2.16. The molecule has 1 aromatic heterocycles. The molecule has 1 amide bonds. The lowest BCUT2D eigenvalue weighted by molar-refractivity contribution is 0.0953. The van der Waals surface area contributed by atoms with Gasteiger partial charge in [-0.25, -0.2) is 4.98 Å². The van der Waals surface area contributed by atoms with E-state index in [4.69, 9.17) is 4.98 Å². The maximum Gasteiger partial charge on any atom is 0.252 e. The normalized spacial score (nSPS) is 11.1. The monoisotopic (exact) mass is 436 g/mol. The fraction of sp³-hybridized carbons (Fsp3) is 0.360. The van der Waals surface area contributed by atoms with Gasteiger partial charge >= 0.3 is 0 Å². The van der Waals surface area contributed by atoms with E-state index in [0.717, 1.165) is 36.1 Å². The predicted molar refractivity (Wildman–Crippen MR) is 133 cm³/mol. The van der Waals surface area contributed by atoms with Crippen LogP contribution in [0, 0.1) is 0 Å². The molecule has 0 aliphatic heterocycles. The van der Waals surface area contributed by atoms with Crippen molar-refractivity contribution in [2.75, 3.05) is 38.3 Å². The molecule has 5 nitrogen and oxygen atoms in total. The van der Waals surface area contributed by atoms with Crippen molar-refractivity contribution in [3.63, 3.8) is 0 Å². The second kappa shape index (κ2) is 11.7. The van der Waals surface area contributed by atoms with Gasteiger partial charge in [0.15, 0.2) is 0 Å². The number of nitrogens with one attached hydrogen (secondary N) is 2. The summed E-state index contributed by atoms with van der Waals surface area (Å²) in [6.45, 7) is 4.95. The minimum atomic E-state index is -0.0595. The average Bonchev–Trinajstić information content (AvgIpc) is 2.80. The van der Waals surface area contributed by atoms with Gasteiger partial charge in [-0.05, 0) is 69.6 Å². The van der Waals surface area contributed by atoms with Gasteiger partial charge in [-0.3, -0.25) is 4.79 Å². The van der Waals surface area contributed by atoms with Crippen LogP contribution in [0.3, 0.4) is 0 Å². The van der Waals surface area contributed by atoms with E-state index in [1.54, 1.807) is 11.8 Å². The smallest absolute Gasteiger partial charge is 0.252 e. The van der Waals surface area contributed by atoms with E-state index in [-0.39, 0.29) is 5.91 Å². The average molecular weight is 437 g/mol. The maximum absolute atomic E-state index is 13.0. The number of hydrogen-bond acceptors (Lipinski definition) is 5. The molecule has 164 valence electrons. The molecule has 2 N–H and O–H groups in total. The number of aromatic nitrogens is 1. The van der Waals surface area contributed by atoms with Gasteiger partial charge in [0, 0.05) is 22.5 Å². The summed E-state index contributed by atoms with van der Waals surface area (Å²) in [5.41, 5.74) is 2.41. The van der Waals surface area contributed by atoms with Crippen LogP contribution in [0.2, 0.25) is 0 Å². The van der Waals surface area contributed by atoms with Crippen molar-refractivity contribution in [1.82, 2.24) is 15.2 Å². The van der Waals surface area contributed by atoms with Crippen LogP contribution < -0.4 is 10.6 Å². The molecule has 0 unspecified atom stereocenters. The standard InChI is InChI=1S/C25H32N4OS/c1-4-5-15-29(2)16-9-14-26-25(30)22-18-24(28-23-13-7-6-12-21(22)23)27-19-10-8-11-20(17-19)31-3/h6-8,10-13,17-18H,4-5,9,14-16H2,1-3H3,(H,26,30)(H,27,28). The van der Waals surface area contributed by atoms with Crippen LogP contribution in [0.4, 0.5) is 11.5 Å². The van der Waals surface area contributed by atoms with Crippen molar-refractivity contribution in [2.45, 2.75) is 31.1 Å². The van der Waals surface area contributed by atoms with Crippen LogP contribution in [0.15, 0.2) is 59.5 Å². The summed E-state index contributed by atoms with van der Waals surface area (Å²) in [5, 5.41) is 7.31. The molecule has 0 saturated carbocycles. The zero-order valence-electron chi connectivity index (χ0n) is 18.6. The largest absolute Gasteiger partial charge is 0.352 e. The quantitative estimate of drug-likeness (QED) is 0.305. The van der Waals surface area contributed by atoms with E-state index in [0.29, 0.717) is 17.9 Å². The van der Waals surface area contributed by atoms with E-state index in [2.05, 4.69) is 47.9 Å². The number of unbranched alkanes of at least 4 members (excludes halogenated alkanes) is 1. The highest BCUT2D eigenvalue weighted by Crippen LogP contribution is 2.25. The number of carbonyl (C=O) groups excluding carboxylic acids is 1. The highest BCUT2D eigenvalue weighted by molar-refractivity contribution is 7.98. The highest BCUT2D eigenvalue weighted by atomic mass is 32.2. The molecule has 31 heavy (non-hydrogen) atoms. The van der Waals surface area contributed by atoms with Crippen LogP contribution in [-0.4, -0.2) is 48.7 Å². The first kappa shape index (κ1) is 23.1. The minimum absolute atomic E-state index is 0.0595. The molecule has 0 atom stereocenters. The summed E-state index contributed by atoms with van der Waals surface area (Å²) in [4.78, 5) is 21.2. The topological polar surface area (TPSA) is 57.3 Å². The molecule has 0 spiro atoms. The maximum atomic E-state index is 13.0. The molecule has 0 aliphatic rings. The summed E-state index contributed by atoms with van der Waals surface area (Å²) < 4.78 is 0. The Morgan fingerprint density at radius 2 is 1.87 bits per heavy atom. The summed E-state index contributed by atoms with van der Waals surface area (Å²) >= 11 is 1.69. The Morgan fingerprint density at radius 3 is 2.68 bits per heavy atom. The number of carbonyl (C=O) groups is 1. The molecule has 3 rings (SSSR count). The zero-order chi connectivity index (χ0) is 22.1. The van der Waals surface area contributed by atoms with Crippen molar-refractivity contribution >= 4 is 40.1 Å². The van der Waals surface area contributed by atoms with Crippen molar-refractivity contribution in [3.8, 4) is 0 Å². The number of anilines is 2. The first-order chi connectivity index (χ1) is 15.1. The summed E-state index contributed by atoms with van der Waals surface area (Å²) in [6.07, 6.45) is 5.40. The van der Waals surface area contributed by atoms with Gasteiger partial charge in [0.05, 0.1) is 11.1 Å². The van der Waals surface area contributed by atoms with E-state index >= 15 is 0 Å². The number of amides is 1. The van der Waals surface area contributed by atoms with Gasteiger partial charge in [-0.15, -0.1) is 11.8 Å². The van der Waals surface area contributed by atoms with Gasteiger partial charge in [-0.2, -0.15) is 0 Å². The zero-order valence-corrected chi connectivity index (χ0v) is 19.5. The molecule has 1 heterocycles. The first-order valence-corrected chi connectivity index (χ1v) is 12.1. The van der Waals surface area contributed by atoms with Gasteiger partial charge in [-0.1, -0.05) is 37.6 Å².